The standard InChI is InChI=1S/C17H21NO3.C7H2Cl2O/c1-18-8-7-17-6-5-12(19)9-14(17)21-16-13(20-2)4-3-11(10-18)15(16)17;8-4-2-1-3-5(6(4)9)7(3)10/h3-6,12,14,19H,7-10H2,1-2H3;1-2H/t12-,14-,17-;/m0./s1. The summed E-state index contributed by atoms with van der Waals surface area (Å²) in [7, 11) is 3.84. The van der Waals surface area contributed by atoms with Crippen molar-refractivity contribution in [2.45, 2.75) is 37.0 Å². The number of nitrogens with zero attached hydrogens (tertiary/aromatic N) is 1. The maximum atomic E-state index is 10.8. The number of aliphatic hydroxyl groups excluding tert-OH is 1. The number of benzene rings is 2. The number of rotatable bonds is 1. The molecule has 0 aromatic heterocycles. The number of hydrogen-bond donors (Lipinski definition) is 1. The van der Waals surface area contributed by atoms with Crippen LogP contribution in [0.2, 0.25) is 10.0 Å². The minimum atomic E-state index is -0.412. The van der Waals surface area contributed by atoms with Crippen LogP contribution in [0.15, 0.2) is 41.2 Å². The summed E-state index contributed by atoms with van der Waals surface area (Å²) in [5.41, 5.74) is 2.51. The first kappa shape index (κ1) is 20.8. The molecular formula is C24H23Cl2NO4. The third kappa shape index (κ3) is 3.26. The van der Waals surface area contributed by atoms with Gasteiger partial charge in [-0.1, -0.05) is 41.4 Å². The summed E-state index contributed by atoms with van der Waals surface area (Å²) in [5.74, 6) is 1.68. The SMILES string of the molecule is COc1ccc2c3c1O[C@H]1C[C@@H](O)C=C[C@@]31CCN(C)C2.O=c1c2ccc(Cl)c(Cl)c12. The molecule has 2 heterocycles. The molecule has 31 heavy (non-hydrogen) atoms. The summed E-state index contributed by atoms with van der Waals surface area (Å²) >= 11 is 11.3. The largest absolute Gasteiger partial charge is 0.493 e. The van der Waals surface area contributed by atoms with Crippen LogP contribution in [-0.2, 0) is 12.0 Å². The Morgan fingerprint density at radius 1 is 1.26 bits per heavy atom. The van der Waals surface area contributed by atoms with Crippen LogP contribution in [0.3, 0.4) is 0 Å². The number of hydrogen-bond acceptors (Lipinski definition) is 5. The fourth-order valence-corrected chi connectivity index (χ4v) is 5.40. The van der Waals surface area contributed by atoms with E-state index in [1.165, 1.54) is 11.1 Å². The van der Waals surface area contributed by atoms with Gasteiger partial charge < -0.3 is 19.5 Å². The van der Waals surface area contributed by atoms with E-state index in [0.717, 1.165) is 31.0 Å². The maximum Gasteiger partial charge on any atom is 0.196 e. The molecule has 5 nitrogen and oxygen atoms in total. The molecule has 0 saturated heterocycles. The van der Waals surface area contributed by atoms with Gasteiger partial charge in [0.2, 0.25) is 0 Å². The predicted molar refractivity (Wildman–Crippen MR) is 122 cm³/mol. The Hall–Kier alpha value is -2.05. The van der Waals surface area contributed by atoms with Crippen molar-refractivity contribution in [1.29, 1.82) is 0 Å². The van der Waals surface area contributed by atoms with Crippen molar-refractivity contribution in [1.82, 2.24) is 4.90 Å². The van der Waals surface area contributed by atoms with Crippen molar-refractivity contribution < 1.29 is 14.6 Å². The monoisotopic (exact) mass is 459 g/mol. The van der Waals surface area contributed by atoms with Gasteiger partial charge in [-0.25, -0.2) is 0 Å². The summed E-state index contributed by atoms with van der Waals surface area (Å²) in [6, 6.07) is 7.48. The second-order valence-electron chi connectivity index (χ2n) is 8.54. The van der Waals surface area contributed by atoms with Crippen LogP contribution >= 0.6 is 23.2 Å². The Balaban J connectivity index is 0.000000171. The first-order chi connectivity index (χ1) is 14.9. The minimum absolute atomic E-state index is 0.00838. The molecular weight excluding hydrogens is 437 g/mol. The Morgan fingerprint density at radius 2 is 2.06 bits per heavy atom. The number of halogens is 2. The van der Waals surface area contributed by atoms with E-state index < -0.39 is 6.10 Å². The van der Waals surface area contributed by atoms with Crippen molar-refractivity contribution >= 4 is 34.0 Å². The van der Waals surface area contributed by atoms with Gasteiger partial charge in [0.25, 0.3) is 0 Å². The van der Waals surface area contributed by atoms with E-state index in [2.05, 4.69) is 24.1 Å². The molecule has 0 radical (unpaired) electrons. The van der Waals surface area contributed by atoms with E-state index in [4.69, 9.17) is 32.7 Å². The fourth-order valence-electron chi connectivity index (χ4n) is 4.99. The number of fused-ring (bicyclic) bond motifs is 1. The summed E-state index contributed by atoms with van der Waals surface area (Å²) in [4.78, 5) is 13.1. The Kier molecular flexibility index (Phi) is 5.05. The second-order valence-corrected chi connectivity index (χ2v) is 9.33. The van der Waals surface area contributed by atoms with Crippen LogP contribution in [-0.4, -0.2) is 42.9 Å². The van der Waals surface area contributed by atoms with Gasteiger partial charge in [0.05, 0.1) is 34.1 Å². The third-order valence-corrected chi connectivity index (χ3v) is 7.46. The molecule has 7 heteroatoms. The molecule has 3 aromatic rings. The van der Waals surface area contributed by atoms with Gasteiger partial charge in [-0.2, -0.15) is 0 Å². The molecule has 1 spiro atoms. The van der Waals surface area contributed by atoms with Gasteiger partial charge in [0.15, 0.2) is 16.9 Å². The minimum Gasteiger partial charge on any atom is -0.493 e. The normalized spacial score (nSPS) is 26.6. The van der Waals surface area contributed by atoms with Crippen molar-refractivity contribution in [3.8, 4) is 11.5 Å². The van der Waals surface area contributed by atoms with Gasteiger partial charge in [0.1, 0.15) is 6.10 Å². The predicted octanol–water partition coefficient (Wildman–Crippen LogP) is 4.23. The molecule has 3 aromatic carbocycles. The average Bonchev–Trinajstić information content (AvgIpc) is 3.33. The zero-order valence-electron chi connectivity index (χ0n) is 17.3. The molecule has 1 aliphatic carbocycles. The lowest BCUT2D eigenvalue weighted by molar-refractivity contribution is 0.0821. The van der Waals surface area contributed by atoms with Crippen molar-refractivity contribution in [3.05, 3.63) is 67.8 Å². The summed E-state index contributed by atoms with van der Waals surface area (Å²) < 4.78 is 11.8. The van der Waals surface area contributed by atoms with Crippen LogP contribution < -0.4 is 14.9 Å². The molecule has 0 saturated carbocycles. The topological polar surface area (TPSA) is 59.0 Å². The maximum absolute atomic E-state index is 10.8. The summed E-state index contributed by atoms with van der Waals surface area (Å²) in [6.07, 6.45) is 5.38. The zero-order valence-corrected chi connectivity index (χ0v) is 18.8. The smallest absolute Gasteiger partial charge is 0.196 e. The first-order valence-electron chi connectivity index (χ1n) is 10.3. The fraction of sp³-hybridized carbons (Fsp3) is 0.375. The average molecular weight is 460 g/mol. The number of ether oxygens (including phenoxy) is 2. The van der Waals surface area contributed by atoms with Crippen molar-refractivity contribution in [2.24, 2.45) is 0 Å². The number of methoxy groups -OCH3 is 1. The highest BCUT2D eigenvalue weighted by Gasteiger charge is 2.52. The molecule has 2 aliphatic heterocycles. The van der Waals surface area contributed by atoms with E-state index in [-0.39, 0.29) is 16.9 Å². The van der Waals surface area contributed by atoms with E-state index in [0.29, 0.717) is 27.2 Å². The molecule has 162 valence electrons. The highest BCUT2D eigenvalue weighted by molar-refractivity contribution is 6.46. The van der Waals surface area contributed by atoms with E-state index in [1.807, 2.05) is 12.1 Å². The highest BCUT2D eigenvalue weighted by atomic mass is 35.5. The van der Waals surface area contributed by atoms with E-state index in [1.54, 1.807) is 19.2 Å². The molecule has 0 unspecified atom stereocenters. The Bertz CT molecular complexity index is 1210. The first-order valence-corrected chi connectivity index (χ1v) is 11.1. The van der Waals surface area contributed by atoms with Gasteiger partial charge in [-0.15, -0.1) is 0 Å². The lowest BCUT2D eigenvalue weighted by Crippen LogP contribution is -2.42. The van der Waals surface area contributed by atoms with Crippen LogP contribution in [0, 0.1) is 0 Å². The Labute approximate surface area is 190 Å². The lowest BCUT2D eigenvalue weighted by atomic mass is 9.69. The molecule has 3 aliphatic rings. The van der Waals surface area contributed by atoms with Crippen LogP contribution in [0.25, 0.3) is 10.8 Å². The number of aliphatic hydroxyl groups is 1. The molecule has 0 amide bonds. The quantitative estimate of drug-likeness (QED) is 0.551. The van der Waals surface area contributed by atoms with Crippen molar-refractivity contribution in [2.75, 3.05) is 20.7 Å². The molecule has 1 N–H and O–H groups in total. The van der Waals surface area contributed by atoms with Crippen LogP contribution in [0.5, 0.6) is 11.5 Å². The van der Waals surface area contributed by atoms with Crippen LogP contribution in [0.1, 0.15) is 24.0 Å². The van der Waals surface area contributed by atoms with Gasteiger partial charge in [-0.05, 0) is 43.8 Å². The Morgan fingerprint density at radius 3 is 2.81 bits per heavy atom. The molecule has 6 rings (SSSR count). The molecule has 3 atom stereocenters. The summed E-state index contributed by atoms with van der Waals surface area (Å²) in [5, 5.41) is 12.1. The third-order valence-electron chi connectivity index (χ3n) is 6.65. The van der Waals surface area contributed by atoms with Crippen molar-refractivity contribution in [3.63, 3.8) is 0 Å². The van der Waals surface area contributed by atoms with Gasteiger partial charge >= 0.3 is 0 Å². The van der Waals surface area contributed by atoms with Crippen LogP contribution in [0.4, 0.5) is 0 Å². The van der Waals surface area contributed by atoms with E-state index >= 15 is 0 Å². The highest BCUT2D eigenvalue weighted by Crippen LogP contribution is 2.55. The van der Waals surface area contributed by atoms with E-state index in [9.17, 15) is 9.90 Å². The summed E-state index contributed by atoms with van der Waals surface area (Å²) in [6.45, 7) is 1.96. The second kappa shape index (κ2) is 7.52. The zero-order chi connectivity index (χ0) is 21.9. The lowest BCUT2D eigenvalue weighted by Gasteiger charge is -2.35. The molecule has 0 fully saturated rings. The van der Waals surface area contributed by atoms with Gasteiger partial charge in [-0.3, -0.25) is 4.79 Å². The van der Waals surface area contributed by atoms with Gasteiger partial charge in [0, 0.05) is 23.9 Å². The molecule has 0 bridgehead atoms.